The lowest BCUT2D eigenvalue weighted by atomic mass is 9.93. The van der Waals surface area contributed by atoms with Gasteiger partial charge in [-0.2, -0.15) is 0 Å². The summed E-state index contributed by atoms with van der Waals surface area (Å²) in [4.78, 5) is 15.2. The molecule has 3 heterocycles. The van der Waals surface area contributed by atoms with E-state index in [4.69, 9.17) is 10.6 Å². The number of aromatic amines is 1. The monoisotopic (exact) mass is 296 g/mol. The fourth-order valence-electron chi connectivity index (χ4n) is 2.40. The Morgan fingerprint density at radius 3 is 2.90 bits per heavy atom. The second-order valence-electron chi connectivity index (χ2n) is 5.07. The molecule has 1 fully saturated rings. The molecule has 0 spiro atoms. The number of imidazole rings is 1. The van der Waals surface area contributed by atoms with Crippen molar-refractivity contribution in [3.63, 3.8) is 0 Å². The summed E-state index contributed by atoms with van der Waals surface area (Å²) < 4.78 is 5.47. The van der Waals surface area contributed by atoms with Crippen molar-refractivity contribution in [1.29, 1.82) is 0 Å². The quantitative estimate of drug-likeness (QED) is 0.283. The van der Waals surface area contributed by atoms with E-state index in [9.17, 15) is 15.3 Å². The Morgan fingerprint density at radius 2 is 2.29 bits per heavy atom. The Bertz CT molecular complexity index is 659. The maximum Gasteiger partial charge on any atom is 0.172 e. The van der Waals surface area contributed by atoms with Crippen molar-refractivity contribution in [2.45, 2.75) is 30.8 Å². The van der Waals surface area contributed by atoms with E-state index in [1.807, 2.05) is 0 Å². The number of nitrogens with two attached hydrogens (primary N) is 1. The number of nitrogens with zero attached hydrogens (tertiary/aromatic N) is 3. The highest BCUT2D eigenvalue weighted by Gasteiger charge is 2.53. The Kier molecular flexibility index (Phi) is 3.26. The van der Waals surface area contributed by atoms with E-state index in [2.05, 4.69) is 25.4 Å². The second-order valence-corrected chi connectivity index (χ2v) is 5.07. The average molecular weight is 296 g/mol. The summed E-state index contributed by atoms with van der Waals surface area (Å²) >= 11 is 0. The van der Waals surface area contributed by atoms with Crippen LogP contribution < -0.4 is 11.3 Å². The van der Waals surface area contributed by atoms with E-state index < -0.39 is 30.5 Å². The molecule has 2 aromatic rings. The third-order valence-electron chi connectivity index (χ3n) is 3.70. The molecule has 1 aliphatic heterocycles. The maximum atomic E-state index is 10.2. The molecule has 1 aliphatic rings. The van der Waals surface area contributed by atoms with Crippen molar-refractivity contribution in [3.05, 3.63) is 12.2 Å². The molecule has 114 valence electrons. The van der Waals surface area contributed by atoms with Crippen LogP contribution in [0, 0.1) is 0 Å². The Hall–Kier alpha value is -1.85. The summed E-state index contributed by atoms with van der Waals surface area (Å²) in [7, 11) is 0. The third kappa shape index (κ3) is 2.04. The summed E-state index contributed by atoms with van der Waals surface area (Å²) in [5.74, 6) is 5.79. The summed E-state index contributed by atoms with van der Waals surface area (Å²) in [5, 5.41) is 29.7. The van der Waals surface area contributed by atoms with Gasteiger partial charge in [0.15, 0.2) is 22.8 Å². The first-order valence-corrected chi connectivity index (χ1v) is 6.33. The number of aliphatic hydroxyl groups is 3. The van der Waals surface area contributed by atoms with Gasteiger partial charge < -0.3 is 30.5 Å². The number of aliphatic hydroxyl groups excluding tert-OH is 2. The molecular weight excluding hydrogens is 280 g/mol. The molecule has 0 unspecified atom stereocenters. The SMILES string of the molecule is C[C@@]1(O)[C@@H](CO)O[C@@H](c2nc(NN)c3nc[nH]c3n2)[C@@H]1O. The van der Waals surface area contributed by atoms with Crippen LogP contribution in [0.3, 0.4) is 0 Å². The van der Waals surface area contributed by atoms with Crippen LogP contribution in [0.1, 0.15) is 18.9 Å². The molecule has 10 heteroatoms. The molecular formula is C11H16N6O4. The van der Waals surface area contributed by atoms with Crippen LogP contribution in [-0.4, -0.2) is 59.7 Å². The zero-order valence-electron chi connectivity index (χ0n) is 11.2. The minimum absolute atomic E-state index is 0.128. The molecule has 0 radical (unpaired) electrons. The van der Waals surface area contributed by atoms with Gasteiger partial charge in [0.1, 0.15) is 23.9 Å². The molecule has 21 heavy (non-hydrogen) atoms. The summed E-state index contributed by atoms with van der Waals surface area (Å²) in [6.07, 6.45) is -1.78. The van der Waals surface area contributed by atoms with E-state index in [0.29, 0.717) is 11.2 Å². The summed E-state index contributed by atoms with van der Waals surface area (Å²) in [6, 6.07) is 0. The Labute approximate surface area is 119 Å². The largest absolute Gasteiger partial charge is 0.394 e. The van der Waals surface area contributed by atoms with Gasteiger partial charge in [-0.3, -0.25) is 0 Å². The number of ether oxygens (including phenoxy) is 1. The molecule has 2 aromatic heterocycles. The third-order valence-corrected chi connectivity index (χ3v) is 3.70. The topological polar surface area (TPSA) is 162 Å². The van der Waals surface area contributed by atoms with Gasteiger partial charge in [0.05, 0.1) is 12.9 Å². The number of hydrazine groups is 1. The highest BCUT2D eigenvalue weighted by molar-refractivity contribution is 5.82. The van der Waals surface area contributed by atoms with Gasteiger partial charge in [-0.25, -0.2) is 20.8 Å². The molecule has 3 rings (SSSR count). The molecule has 1 saturated heterocycles. The fourth-order valence-corrected chi connectivity index (χ4v) is 2.40. The van der Waals surface area contributed by atoms with Crippen LogP contribution in [0.4, 0.5) is 5.82 Å². The number of fused-ring (bicyclic) bond motifs is 1. The molecule has 7 N–H and O–H groups in total. The highest BCUT2D eigenvalue weighted by Crippen LogP contribution is 2.39. The number of nitrogen functional groups attached to an aromatic ring is 1. The van der Waals surface area contributed by atoms with Crippen LogP contribution in [0.2, 0.25) is 0 Å². The number of nitrogens with one attached hydrogen (secondary N) is 2. The van der Waals surface area contributed by atoms with Gasteiger partial charge in [0.2, 0.25) is 0 Å². The van der Waals surface area contributed by atoms with Crippen LogP contribution in [0.15, 0.2) is 6.33 Å². The van der Waals surface area contributed by atoms with E-state index in [-0.39, 0.29) is 11.6 Å². The lowest BCUT2D eigenvalue weighted by Crippen LogP contribution is -2.45. The molecule has 4 atom stereocenters. The Balaban J connectivity index is 2.04. The number of aromatic nitrogens is 4. The van der Waals surface area contributed by atoms with Gasteiger partial charge >= 0.3 is 0 Å². The van der Waals surface area contributed by atoms with Gasteiger partial charge in [0, 0.05) is 0 Å². The van der Waals surface area contributed by atoms with Gasteiger partial charge in [-0.05, 0) is 6.92 Å². The molecule has 0 aliphatic carbocycles. The predicted molar refractivity (Wildman–Crippen MR) is 70.8 cm³/mol. The molecule has 10 nitrogen and oxygen atoms in total. The van der Waals surface area contributed by atoms with E-state index in [1.165, 1.54) is 13.3 Å². The molecule has 0 amide bonds. The van der Waals surface area contributed by atoms with Crippen LogP contribution >= 0.6 is 0 Å². The standard InChI is InChI=1S/C11H16N6O4/c1-11(20)4(2-18)21-6(7(11)19)10-15-8-5(13-3-14-8)9(16-10)17-12/h3-4,6-7,18-20H,2,12H2,1H3,(H2,13,14,15,16,17)/t4-,6-,7+,11-/m1/s1. The maximum absolute atomic E-state index is 10.2. The van der Waals surface area contributed by atoms with Crippen LogP contribution in [0.5, 0.6) is 0 Å². The van der Waals surface area contributed by atoms with Crippen molar-refractivity contribution in [2.24, 2.45) is 5.84 Å². The predicted octanol–water partition coefficient (Wildman–Crippen LogP) is -1.82. The van der Waals surface area contributed by atoms with Crippen molar-refractivity contribution in [3.8, 4) is 0 Å². The van der Waals surface area contributed by atoms with Crippen molar-refractivity contribution >= 4 is 17.0 Å². The van der Waals surface area contributed by atoms with Crippen molar-refractivity contribution < 1.29 is 20.1 Å². The van der Waals surface area contributed by atoms with E-state index >= 15 is 0 Å². The number of hydrogen-bond donors (Lipinski definition) is 6. The van der Waals surface area contributed by atoms with E-state index in [1.54, 1.807) is 0 Å². The smallest absolute Gasteiger partial charge is 0.172 e. The van der Waals surface area contributed by atoms with Crippen LogP contribution in [-0.2, 0) is 4.74 Å². The lowest BCUT2D eigenvalue weighted by Gasteiger charge is -2.24. The van der Waals surface area contributed by atoms with Gasteiger partial charge in [-0.15, -0.1) is 0 Å². The van der Waals surface area contributed by atoms with Crippen molar-refractivity contribution in [2.75, 3.05) is 12.0 Å². The normalized spacial score (nSPS) is 32.7. The molecule has 0 bridgehead atoms. The minimum atomic E-state index is -1.61. The van der Waals surface area contributed by atoms with Gasteiger partial charge in [0.25, 0.3) is 0 Å². The van der Waals surface area contributed by atoms with Crippen LogP contribution in [0.25, 0.3) is 11.2 Å². The highest BCUT2D eigenvalue weighted by atomic mass is 16.6. The minimum Gasteiger partial charge on any atom is -0.394 e. The first kappa shape index (κ1) is 14.1. The number of H-pyrrole nitrogens is 1. The van der Waals surface area contributed by atoms with Crippen molar-refractivity contribution in [1.82, 2.24) is 19.9 Å². The summed E-state index contributed by atoms with van der Waals surface area (Å²) in [5.41, 5.74) is 1.65. The molecule has 0 saturated carbocycles. The zero-order chi connectivity index (χ0) is 15.2. The fraction of sp³-hybridized carbons (Fsp3) is 0.545. The lowest BCUT2D eigenvalue weighted by molar-refractivity contribution is -0.0794. The number of anilines is 1. The summed E-state index contributed by atoms with van der Waals surface area (Å²) in [6.45, 7) is 0.949. The Morgan fingerprint density at radius 1 is 1.52 bits per heavy atom. The zero-order valence-corrected chi connectivity index (χ0v) is 11.2. The van der Waals surface area contributed by atoms with E-state index in [0.717, 1.165) is 0 Å². The first-order valence-electron chi connectivity index (χ1n) is 6.33. The molecule has 0 aromatic carbocycles. The number of hydrogen-bond acceptors (Lipinski definition) is 9. The van der Waals surface area contributed by atoms with Gasteiger partial charge in [-0.1, -0.05) is 0 Å². The number of rotatable bonds is 3. The second kappa shape index (κ2) is 4.86. The average Bonchev–Trinajstić information content (AvgIpc) is 3.02. The first-order chi connectivity index (χ1) is 9.98.